The summed E-state index contributed by atoms with van der Waals surface area (Å²) in [5.41, 5.74) is -1.38. The number of hydrogen-bond acceptors (Lipinski definition) is 5. The molecule has 0 amide bonds. The van der Waals surface area contributed by atoms with Crippen molar-refractivity contribution in [2.75, 3.05) is 13.2 Å². The number of rotatable bonds is 2. The van der Waals surface area contributed by atoms with Gasteiger partial charge in [-0.2, -0.15) is 0 Å². The van der Waals surface area contributed by atoms with Gasteiger partial charge in [0.05, 0.1) is 13.2 Å². The molecule has 5 nitrogen and oxygen atoms in total. The molecule has 0 aromatic carbocycles. The van der Waals surface area contributed by atoms with Gasteiger partial charge in [0, 0.05) is 17.8 Å². The Morgan fingerprint density at radius 3 is 2.70 bits per heavy atom. The lowest BCUT2D eigenvalue weighted by molar-refractivity contribution is -0.129. The van der Waals surface area contributed by atoms with E-state index in [1.54, 1.807) is 6.08 Å². The van der Waals surface area contributed by atoms with Crippen molar-refractivity contribution in [2.45, 2.75) is 44.0 Å². The first kappa shape index (κ1) is 12.7. The number of Topliss-reactive ketones (excluding diaryl/α,β-unsaturated/α-hetero) is 1. The minimum Gasteiger partial charge on any atom is -0.393 e. The lowest BCUT2D eigenvalue weighted by atomic mass is 9.56. The molecule has 0 aromatic rings. The van der Waals surface area contributed by atoms with Gasteiger partial charge in [0.2, 0.25) is 0 Å². The van der Waals surface area contributed by atoms with Crippen molar-refractivity contribution in [1.82, 2.24) is 0 Å². The lowest BCUT2D eigenvalue weighted by Crippen LogP contribution is -2.54. The maximum absolute atomic E-state index is 12.5. The Labute approximate surface area is 116 Å². The van der Waals surface area contributed by atoms with Crippen molar-refractivity contribution in [3.8, 4) is 0 Å². The Morgan fingerprint density at radius 2 is 2.10 bits per heavy atom. The molecule has 0 spiro atoms. The Morgan fingerprint density at radius 1 is 1.40 bits per heavy atom. The highest BCUT2D eigenvalue weighted by Gasteiger charge is 2.84. The van der Waals surface area contributed by atoms with Gasteiger partial charge in [-0.1, -0.05) is 19.4 Å². The van der Waals surface area contributed by atoms with Gasteiger partial charge in [-0.15, -0.1) is 0 Å². The minimum atomic E-state index is -1.06. The molecule has 2 saturated heterocycles. The Balaban J connectivity index is 1.83. The zero-order valence-corrected chi connectivity index (χ0v) is 11.6. The zero-order chi connectivity index (χ0) is 14.3. The van der Waals surface area contributed by atoms with Gasteiger partial charge in [0.25, 0.3) is 0 Å². The van der Waals surface area contributed by atoms with Crippen molar-refractivity contribution in [3.63, 3.8) is 0 Å². The van der Waals surface area contributed by atoms with Crippen LogP contribution >= 0.6 is 0 Å². The molecule has 2 heterocycles. The predicted molar refractivity (Wildman–Crippen MR) is 68.0 cm³/mol. The van der Waals surface area contributed by atoms with Crippen LogP contribution in [0.15, 0.2) is 11.6 Å². The summed E-state index contributed by atoms with van der Waals surface area (Å²) in [5, 5.41) is 9.57. The number of epoxide rings is 2. The zero-order valence-electron chi connectivity index (χ0n) is 11.6. The van der Waals surface area contributed by atoms with E-state index in [1.165, 1.54) is 0 Å². The normalized spacial score (nSPS) is 53.0. The van der Waals surface area contributed by atoms with Crippen molar-refractivity contribution < 1.29 is 24.2 Å². The van der Waals surface area contributed by atoms with Gasteiger partial charge in [0.15, 0.2) is 17.0 Å². The first-order valence-corrected chi connectivity index (χ1v) is 7.13. The van der Waals surface area contributed by atoms with Crippen molar-refractivity contribution in [3.05, 3.63) is 11.6 Å². The highest BCUT2D eigenvalue weighted by molar-refractivity contribution is 6.04. The summed E-state index contributed by atoms with van der Waals surface area (Å²) >= 11 is 0. The number of hydrogen-bond donors (Lipinski definition) is 1. The maximum atomic E-state index is 12.5. The Hall–Kier alpha value is -1.04. The minimum absolute atomic E-state index is 0.108. The van der Waals surface area contributed by atoms with Gasteiger partial charge in [0.1, 0.15) is 11.9 Å². The van der Waals surface area contributed by atoms with Crippen molar-refractivity contribution in [1.29, 1.82) is 0 Å². The fraction of sp³-hybridized carbons (Fsp3) is 0.733. The van der Waals surface area contributed by atoms with E-state index in [9.17, 15) is 14.7 Å². The summed E-state index contributed by atoms with van der Waals surface area (Å²) in [6, 6.07) is 0. The van der Waals surface area contributed by atoms with Crippen molar-refractivity contribution >= 4 is 11.6 Å². The van der Waals surface area contributed by atoms with Crippen LogP contribution in [-0.4, -0.2) is 47.2 Å². The monoisotopic (exact) mass is 278 g/mol. The third-order valence-electron chi connectivity index (χ3n) is 5.97. The van der Waals surface area contributed by atoms with Crippen LogP contribution in [0, 0.1) is 11.3 Å². The van der Waals surface area contributed by atoms with Crippen molar-refractivity contribution in [2.24, 2.45) is 11.3 Å². The van der Waals surface area contributed by atoms with Crippen LogP contribution in [-0.2, 0) is 19.1 Å². The summed E-state index contributed by atoms with van der Waals surface area (Å²) in [7, 11) is 0. The van der Waals surface area contributed by atoms with Gasteiger partial charge in [-0.3, -0.25) is 9.59 Å². The smallest absolute Gasteiger partial charge is 0.193 e. The van der Waals surface area contributed by atoms with E-state index in [2.05, 4.69) is 0 Å². The second kappa shape index (κ2) is 3.40. The molecule has 108 valence electrons. The van der Waals surface area contributed by atoms with Crippen LogP contribution < -0.4 is 0 Å². The van der Waals surface area contributed by atoms with Gasteiger partial charge in [-0.25, -0.2) is 0 Å². The fourth-order valence-corrected chi connectivity index (χ4v) is 4.21. The van der Waals surface area contributed by atoms with Gasteiger partial charge < -0.3 is 14.6 Å². The molecule has 5 atom stereocenters. The molecule has 0 radical (unpaired) electrons. The first-order chi connectivity index (χ1) is 9.42. The third-order valence-corrected chi connectivity index (χ3v) is 5.97. The first-order valence-electron chi connectivity index (χ1n) is 7.13. The van der Waals surface area contributed by atoms with E-state index in [0.29, 0.717) is 19.4 Å². The van der Waals surface area contributed by atoms with Crippen LogP contribution in [0.4, 0.5) is 0 Å². The topological polar surface area (TPSA) is 79.4 Å². The maximum Gasteiger partial charge on any atom is 0.193 e. The quantitative estimate of drug-likeness (QED) is 0.740. The van der Waals surface area contributed by atoms with E-state index in [-0.39, 0.29) is 30.2 Å². The average molecular weight is 278 g/mol. The van der Waals surface area contributed by atoms with Gasteiger partial charge in [-0.05, 0) is 12.5 Å². The van der Waals surface area contributed by atoms with Crippen LogP contribution in [0.5, 0.6) is 0 Å². The molecule has 5 heteroatoms. The van der Waals surface area contributed by atoms with E-state index >= 15 is 0 Å². The molecule has 3 fully saturated rings. The number of aliphatic hydroxyl groups excluding tert-OH is 1. The summed E-state index contributed by atoms with van der Waals surface area (Å²) < 4.78 is 11.2. The second-order valence-electron chi connectivity index (χ2n) is 6.68. The van der Waals surface area contributed by atoms with E-state index in [0.717, 1.165) is 5.57 Å². The molecule has 1 N–H and O–H groups in total. The molecule has 2 aliphatic heterocycles. The van der Waals surface area contributed by atoms with Gasteiger partial charge >= 0.3 is 0 Å². The van der Waals surface area contributed by atoms with E-state index in [1.807, 2.05) is 13.8 Å². The van der Waals surface area contributed by atoms with Crippen LogP contribution in [0.3, 0.4) is 0 Å². The molecule has 0 bridgehead atoms. The highest BCUT2D eigenvalue weighted by Crippen LogP contribution is 2.66. The standard InChI is InChI=1S/C15H18O5/c1-8-10(17)4-3-9-5-11(18)15(14(6-16)7-19-14)12(20-15)13(8,9)2/h5,8,12,16H,3-4,6-7H2,1-2H3. The summed E-state index contributed by atoms with van der Waals surface area (Å²) in [6.45, 7) is 4.04. The molecule has 5 unspecified atom stereocenters. The number of fused-ring (bicyclic) bond motifs is 3. The molecule has 4 aliphatic rings. The highest BCUT2D eigenvalue weighted by atomic mass is 16.7. The molecule has 2 aliphatic carbocycles. The third kappa shape index (κ3) is 1.13. The fourth-order valence-electron chi connectivity index (χ4n) is 4.21. The molecule has 0 aromatic heterocycles. The summed E-state index contributed by atoms with van der Waals surface area (Å²) in [4.78, 5) is 24.6. The average Bonchev–Trinajstić information content (AvgIpc) is 3.29. The molecular weight excluding hydrogens is 260 g/mol. The van der Waals surface area contributed by atoms with E-state index < -0.39 is 16.6 Å². The van der Waals surface area contributed by atoms with Crippen LogP contribution in [0.25, 0.3) is 0 Å². The molecular formula is C15H18O5. The number of carbonyl (C=O) groups excluding carboxylic acids is 2. The number of carbonyl (C=O) groups is 2. The largest absolute Gasteiger partial charge is 0.393 e. The van der Waals surface area contributed by atoms with Crippen LogP contribution in [0.1, 0.15) is 26.7 Å². The lowest BCUT2D eigenvalue weighted by Gasteiger charge is -2.43. The Kier molecular flexibility index (Phi) is 2.16. The predicted octanol–water partition coefficient (Wildman–Crippen LogP) is 0.400. The number of ether oxygens (including phenoxy) is 2. The Bertz CT molecular complexity index is 561. The number of ketones is 2. The second-order valence-corrected chi connectivity index (χ2v) is 6.68. The number of aliphatic hydroxyl groups is 1. The molecule has 4 rings (SSSR count). The molecule has 20 heavy (non-hydrogen) atoms. The summed E-state index contributed by atoms with van der Waals surface area (Å²) in [6.07, 6.45) is 2.42. The molecule has 1 saturated carbocycles. The van der Waals surface area contributed by atoms with Crippen LogP contribution in [0.2, 0.25) is 0 Å². The summed E-state index contributed by atoms with van der Waals surface area (Å²) in [5.74, 6) is -0.0572. The van der Waals surface area contributed by atoms with E-state index in [4.69, 9.17) is 9.47 Å². The SMILES string of the molecule is CC1C(=O)CCC2=CC(=O)C3(C4(CO)CO4)OC3C21C.